The summed E-state index contributed by atoms with van der Waals surface area (Å²) >= 11 is 3.64. The normalized spacial score (nSPS) is 23.8. The van der Waals surface area contributed by atoms with Gasteiger partial charge in [-0.15, -0.1) is 11.3 Å². The minimum Gasteiger partial charge on any atom is -0.317 e. The predicted octanol–water partition coefficient (Wildman–Crippen LogP) is 3.88. The van der Waals surface area contributed by atoms with Gasteiger partial charge in [0.25, 0.3) is 0 Å². The number of rotatable bonds is 8. The molecule has 21 heavy (non-hydrogen) atoms. The minimum atomic E-state index is -0.00822. The molecule has 2 rings (SSSR count). The Morgan fingerprint density at radius 2 is 2.29 bits per heavy atom. The lowest BCUT2D eigenvalue weighted by Gasteiger charge is -2.29. The molecule has 5 heteroatoms. The van der Waals surface area contributed by atoms with Crippen molar-refractivity contribution in [3.8, 4) is 0 Å². The number of amides is 1. The summed E-state index contributed by atoms with van der Waals surface area (Å²) in [6.07, 6.45) is 3.25. The topological polar surface area (TPSA) is 32.3 Å². The van der Waals surface area contributed by atoms with E-state index >= 15 is 0 Å². The van der Waals surface area contributed by atoms with Crippen LogP contribution in [0.25, 0.3) is 0 Å². The number of carbonyl (C=O) groups is 1. The van der Waals surface area contributed by atoms with E-state index in [4.69, 9.17) is 0 Å². The Balaban J connectivity index is 2.13. The molecule has 0 spiro atoms. The number of thioether (sulfide) groups is 1. The molecule has 1 amide bonds. The zero-order valence-electron chi connectivity index (χ0n) is 13.2. The Kier molecular flexibility index (Phi) is 6.58. The maximum absolute atomic E-state index is 12.8. The average molecular weight is 327 g/mol. The fourth-order valence-corrected chi connectivity index (χ4v) is 4.29. The monoisotopic (exact) mass is 326 g/mol. The summed E-state index contributed by atoms with van der Waals surface area (Å²) < 4.78 is 0. The summed E-state index contributed by atoms with van der Waals surface area (Å²) in [6.45, 7) is 6.52. The fourth-order valence-electron chi connectivity index (χ4n) is 2.77. The molecule has 3 nitrogen and oxygen atoms in total. The number of nitrogens with zero attached hydrogens (tertiary/aromatic N) is 1. The maximum Gasteiger partial charge on any atom is 0.241 e. The molecule has 1 saturated heterocycles. The van der Waals surface area contributed by atoms with E-state index in [1.165, 1.54) is 4.88 Å². The molecule has 1 aromatic heterocycles. The maximum atomic E-state index is 12.8. The molecular formula is C16H26N2OS2. The van der Waals surface area contributed by atoms with Crippen molar-refractivity contribution < 1.29 is 4.79 Å². The molecule has 0 bridgehead atoms. The molecule has 0 aliphatic carbocycles. The van der Waals surface area contributed by atoms with Crippen molar-refractivity contribution >= 4 is 29.0 Å². The van der Waals surface area contributed by atoms with Crippen molar-refractivity contribution in [3.63, 3.8) is 0 Å². The number of unbranched alkanes of at least 4 members (excludes halogenated alkanes) is 1. The molecule has 3 unspecified atom stereocenters. The molecule has 118 valence electrons. The summed E-state index contributed by atoms with van der Waals surface area (Å²) in [5, 5.41) is 5.65. The van der Waals surface area contributed by atoms with Crippen LogP contribution in [0.3, 0.4) is 0 Å². The van der Waals surface area contributed by atoms with Crippen LogP contribution in [0.1, 0.15) is 51.1 Å². The van der Waals surface area contributed by atoms with Gasteiger partial charge in [0.2, 0.25) is 5.91 Å². The Morgan fingerprint density at radius 3 is 2.90 bits per heavy atom. The van der Waals surface area contributed by atoms with Gasteiger partial charge in [-0.25, -0.2) is 0 Å². The summed E-state index contributed by atoms with van der Waals surface area (Å²) in [7, 11) is 0. The molecule has 1 aliphatic rings. The van der Waals surface area contributed by atoms with E-state index in [-0.39, 0.29) is 24.2 Å². The van der Waals surface area contributed by atoms with Crippen LogP contribution < -0.4 is 5.32 Å². The molecule has 2 heterocycles. The van der Waals surface area contributed by atoms with Gasteiger partial charge >= 0.3 is 0 Å². The van der Waals surface area contributed by atoms with E-state index < -0.39 is 0 Å². The Hall–Kier alpha value is -0.520. The van der Waals surface area contributed by atoms with Gasteiger partial charge in [-0.3, -0.25) is 10.1 Å². The van der Waals surface area contributed by atoms with E-state index in [0.29, 0.717) is 0 Å². The molecule has 0 aromatic carbocycles. The molecule has 3 atom stereocenters. The number of nitrogens with one attached hydrogen (secondary N) is 1. The van der Waals surface area contributed by atoms with Crippen molar-refractivity contribution in [1.29, 1.82) is 0 Å². The van der Waals surface area contributed by atoms with Crippen LogP contribution in [-0.4, -0.2) is 34.4 Å². The minimum absolute atomic E-state index is 0.00822. The number of hydrogen-bond donors (Lipinski definition) is 1. The molecule has 0 saturated carbocycles. The van der Waals surface area contributed by atoms with Crippen molar-refractivity contribution in [2.75, 3.05) is 11.5 Å². The van der Waals surface area contributed by atoms with Crippen LogP contribution in [0.2, 0.25) is 0 Å². The van der Waals surface area contributed by atoms with Crippen LogP contribution >= 0.6 is 23.1 Å². The first-order valence-corrected chi connectivity index (χ1v) is 9.91. The molecule has 1 aliphatic heterocycles. The van der Waals surface area contributed by atoms with Crippen molar-refractivity contribution in [2.45, 2.75) is 58.3 Å². The van der Waals surface area contributed by atoms with Crippen molar-refractivity contribution in [3.05, 3.63) is 22.4 Å². The van der Waals surface area contributed by atoms with Crippen molar-refractivity contribution in [1.82, 2.24) is 10.2 Å². The Bertz CT molecular complexity index is 435. The first-order chi connectivity index (χ1) is 10.2. The summed E-state index contributed by atoms with van der Waals surface area (Å²) in [6, 6.07) is 4.46. The van der Waals surface area contributed by atoms with Gasteiger partial charge in [0.15, 0.2) is 0 Å². The van der Waals surface area contributed by atoms with Crippen LogP contribution in [0.4, 0.5) is 0 Å². The first kappa shape index (κ1) is 16.8. The van der Waals surface area contributed by atoms with E-state index in [9.17, 15) is 4.79 Å². The van der Waals surface area contributed by atoms with Gasteiger partial charge in [-0.05, 0) is 30.5 Å². The van der Waals surface area contributed by atoms with Crippen molar-refractivity contribution in [2.24, 2.45) is 0 Å². The summed E-state index contributed by atoms with van der Waals surface area (Å²) in [4.78, 5) is 16.1. The summed E-state index contributed by atoms with van der Waals surface area (Å²) in [5.41, 5.74) is 0. The van der Waals surface area contributed by atoms with Crippen LogP contribution in [0, 0.1) is 0 Å². The fraction of sp³-hybridized carbons (Fsp3) is 0.688. The second-order valence-corrected chi connectivity index (χ2v) is 7.83. The van der Waals surface area contributed by atoms with Gasteiger partial charge < -0.3 is 4.90 Å². The highest BCUT2D eigenvalue weighted by atomic mass is 32.2. The highest BCUT2D eigenvalue weighted by Crippen LogP contribution is 2.32. The average Bonchev–Trinajstić information content (AvgIpc) is 3.10. The number of carbonyl (C=O) groups excluding carboxylic acids is 1. The van der Waals surface area contributed by atoms with Gasteiger partial charge in [-0.2, -0.15) is 11.8 Å². The van der Waals surface area contributed by atoms with E-state index in [0.717, 1.165) is 30.8 Å². The lowest BCUT2D eigenvalue weighted by molar-refractivity contribution is -0.131. The van der Waals surface area contributed by atoms with Gasteiger partial charge in [-0.1, -0.05) is 32.8 Å². The summed E-state index contributed by atoms with van der Waals surface area (Å²) in [5.74, 6) is 2.39. The Labute approximate surface area is 136 Å². The highest BCUT2D eigenvalue weighted by molar-refractivity contribution is 7.99. The third-order valence-electron chi connectivity index (χ3n) is 3.89. The van der Waals surface area contributed by atoms with E-state index in [2.05, 4.69) is 48.5 Å². The van der Waals surface area contributed by atoms with Crippen LogP contribution in [0.5, 0.6) is 0 Å². The lowest BCUT2D eigenvalue weighted by Crippen LogP contribution is -2.39. The molecule has 1 fully saturated rings. The third kappa shape index (κ3) is 4.02. The van der Waals surface area contributed by atoms with E-state index in [1.807, 2.05) is 11.8 Å². The van der Waals surface area contributed by atoms with E-state index in [1.54, 1.807) is 11.3 Å². The van der Waals surface area contributed by atoms with Gasteiger partial charge in [0.1, 0.15) is 6.17 Å². The Morgan fingerprint density at radius 1 is 1.48 bits per heavy atom. The van der Waals surface area contributed by atoms with Crippen LogP contribution in [-0.2, 0) is 4.79 Å². The first-order valence-electron chi connectivity index (χ1n) is 7.88. The molecule has 1 N–H and O–H groups in total. The van der Waals surface area contributed by atoms with Gasteiger partial charge in [0, 0.05) is 16.7 Å². The molecule has 0 radical (unpaired) electrons. The zero-order valence-corrected chi connectivity index (χ0v) is 14.8. The number of thiophene rings is 1. The quantitative estimate of drug-likeness (QED) is 0.787. The predicted molar refractivity (Wildman–Crippen MR) is 92.8 cm³/mol. The second kappa shape index (κ2) is 8.20. The standard InChI is InChI=1S/C16H26N2OS2/c1-4-6-8-13-16(19)18(12(3)11-20-5-2)15(17-13)14-9-7-10-21-14/h7,9-10,12-13,15,17H,4-6,8,11H2,1-3H3. The lowest BCUT2D eigenvalue weighted by atomic mass is 10.1. The smallest absolute Gasteiger partial charge is 0.241 e. The SMILES string of the molecule is CCCCC1NC(c2cccs2)N(C(C)CSCC)C1=O. The highest BCUT2D eigenvalue weighted by Gasteiger charge is 2.41. The molecule has 1 aromatic rings. The third-order valence-corrected chi connectivity index (χ3v) is 5.94. The van der Waals surface area contributed by atoms with Crippen LogP contribution in [0.15, 0.2) is 17.5 Å². The number of hydrogen-bond acceptors (Lipinski definition) is 4. The second-order valence-electron chi connectivity index (χ2n) is 5.53. The largest absolute Gasteiger partial charge is 0.317 e. The molecular weight excluding hydrogens is 300 g/mol. The zero-order chi connectivity index (χ0) is 15.2. The van der Waals surface area contributed by atoms with Gasteiger partial charge in [0.05, 0.1) is 6.04 Å².